The van der Waals surface area contributed by atoms with E-state index in [0.717, 1.165) is 22.5 Å². The molecule has 0 aromatic heterocycles. The van der Waals surface area contributed by atoms with E-state index < -0.39 is 0 Å². The smallest absolute Gasteiger partial charge is 0.128 e. The van der Waals surface area contributed by atoms with Crippen molar-refractivity contribution in [2.45, 2.75) is 45.6 Å². The summed E-state index contributed by atoms with van der Waals surface area (Å²) in [6.45, 7) is 5.23. The molecule has 3 atom stereocenters. The van der Waals surface area contributed by atoms with Crippen LogP contribution in [0, 0.1) is 17.7 Å². The second kappa shape index (κ2) is 6.85. The molecule has 2 rings (SSSR count). The van der Waals surface area contributed by atoms with Crippen molar-refractivity contribution < 1.29 is 4.39 Å². The van der Waals surface area contributed by atoms with Crippen LogP contribution >= 0.6 is 15.9 Å². The molecule has 0 heterocycles. The Kier molecular flexibility index (Phi) is 5.40. The van der Waals surface area contributed by atoms with Crippen LogP contribution in [0.15, 0.2) is 22.7 Å². The predicted octanol–water partition coefficient (Wildman–Crippen LogP) is 5.07. The lowest BCUT2D eigenvalue weighted by Gasteiger charge is -2.26. The van der Waals surface area contributed by atoms with Crippen molar-refractivity contribution >= 4 is 15.9 Å². The third-order valence-electron chi connectivity index (χ3n) is 4.35. The van der Waals surface area contributed by atoms with Crippen LogP contribution in [0.4, 0.5) is 4.39 Å². The molecule has 106 valence electrons. The minimum Gasteiger partial charge on any atom is -0.310 e. The monoisotopic (exact) mass is 327 g/mol. The van der Waals surface area contributed by atoms with Crippen LogP contribution in [0.2, 0.25) is 0 Å². The van der Waals surface area contributed by atoms with Gasteiger partial charge in [-0.1, -0.05) is 42.6 Å². The molecule has 1 fully saturated rings. The van der Waals surface area contributed by atoms with Crippen molar-refractivity contribution in [2.75, 3.05) is 6.54 Å². The van der Waals surface area contributed by atoms with E-state index >= 15 is 0 Å². The van der Waals surface area contributed by atoms with Crippen LogP contribution in [-0.4, -0.2) is 6.54 Å². The molecule has 0 bridgehead atoms. The van der Waals surface area contributed by atoms with E-state index in [9.17, 15) is 4.39 Å². The Hall–Kier alpha value is -0.410. The minimum absolute atomic E-state index is 0.0888. The third-order valence-corrected chi connectivity index (χ3v) is 4.84. The van der Waals surface area contributed by atoms with Crippen LogP contribution in [0.3, 0.4) is 0 Å². The number of hydrogen-bond donors (Lipinski definition) is 1. The first-order chi connectivity index (χ1) is 9.15. The summed E-state index contributed by atoms with van der Waals surface area (Å²) in [5, 5.41) is 3.49. The highest BCUT2D eigenvalue weighted by atomic mass is 79.9. The first-order valence-electron chi connectivity index (χ1n) is 7.34. The van der Waals surface area contributed by atoms with Crippen LogP contribution in [0.1, 0.15) is 51.1 Å². The zero-order valence-corrected chi connectivity index (χ0v) is 13.3. The van der Waals surface area contributed by atoms with Gasteiger partial charge in [0.05, 0.1) is 0 Å². The number of halogens is 2. The first-order valence-corrected chi connectivity index (χ1v) is 8.13. The van der Waals surface area contributed by atoms with Gasteiger partial charge in [0.1, 0.15) is 5.82 Å². The highest BCUT2D eigenvalue weighted by Gasteiger charge is 2.31. The second-order valence-electron chi connectivity index (χ2n) is 5.55. The highest BCUT2D eigenvalue weighted by molar-refractivity contribution is 9.10. The lowest BCUT2D eigenvalue weighted by Crippen LogP contribution is -2.28. The Morgan fingerprint density at radius 1 is 1.37 bits per heavy atom. The molecule has 19 heavy (non-hydrogen) atoms. The number of rotatable bonds is 5. The van der Waals surface area contributed by atoms with Crippen molar-refractivity contribution in [1.82, 2.24) is 5.32 Å². The molecule has 0 saturated heterocycles. The van der Waals surface area contributed by atoms with Gasteiger partial charge in [0, 0.05) is 16.1 Å². The maximum absolute atomic E-state index is 14.1. The number of benzene rings is 1. The lowest BCUT2D eigenvalue weighted by atomic mass is 9.90. The maximum atomic E-state index is 14.1. The Labute approximate surface area is 124 Å². The first kappa shape index (κ1) is 15.0. The van der Waals surface area contributed by atoms with E-state index in [2.05, 4.69) is 35.1 Å². The summed E-state index contributed by atoms with van der Waals surface area (Å²) < 4.78 is 15.1. The molecule has 1 aromatic rings. The molecule has 3 heteroatoms. The summed E-state index contributed by atoms with van der Waals surface area (Å²) in [6.07, 6.45) is 4.97. The van der Waals surface area contributed by atoms with Gasteiger partial charge in [0.2, 0.25) is 0 Å². The van der Waals surface area contributed by atoms with Crippen LogP contribution < -0.4 is 5.32 Å². The molecule has 0 radical (unpaired) electrons. The van der Waals surface area contributed by atoms with Crippen LogP contribution in [0.5, 0.6) is 0 Å². The van der Waals surface area contributed by atoms with Gasteiger partial charge in [-0.2, -0.15) is 0 Å². The zero-order chi connectivity index (χ0) is 13.8. The van der Waals surface area contributed by atoms with Gasteiger partial charge in [0.15, 0.2) is 0 Å². The Morgan fingerprint density at radius 2 is 2.16 bits per heavy atom. The summed E-state index contributed by atoms with van der Waals surface area (Å²) >= 11 is 3.46. The van der Waals surface area contributed by atoms with Crippen molar-refractivity contribution in [3.05, 3.63) is 34.1 Å². The summed E-state index contributed by atoms with van der Waals surface area (Å²) in [5.74, 6) is 1.30. The molecule has 0 amide bonds. The lowest BCUT2D eigenvalue weighted by molar-refractivity contribution is 0.349. The van der Waals surface area contributed by atoms with Crippen LogP contribution in [-0.2, 0) is 0 Å². The van der Waals surface area contributed by atoms with Gasteiger partial charge < -0.3 is 5.32 Å². The molecule has 1 N–H and O–H groups in total. The predicted molar refractivity (Wildman–Crippen MR) is 81.6 cm³/mol. The molecule has 1 saturated carbocycles. The number of hydrogen-bond acceptors (Lipinski definition) is 1. The van der Waals surface area contributed by atoms with E-state index in [1.54, 1.807) is 12.1 Å². The van der Waals surface area contributed by atoms with Crippen molar-refractivity contribution in [2.24, 2.45) is 11.8 Å². The van der Waals surface area contributed by atoms with Crippen molar-refractivity contribution in [3.63, 3.8) is 0 Å². The average Bonchev–Trinajstić information content (AvgIpc) is 2.88. The SMILES string of the molecule is CCNC(c1cc(Br)ccc1F)C1CCC(CC)C1. The van der Waals surface area contributed by atoms with Gasteiger partial charge in [0.25, 0.3) is 0 Å². The third kappa shape index (κ3) is 3.57. The summed E-state index contributed by atoms with van der Waals surface area (Å²) in [5.41, 5.74) is 0.818. The van der Waals surface area contributed by atoms with Gasteiger partial charge >= 0.3 is 0 Å². The Morgan fingerprint density at radius 3 is 2.79 bits per heavy atom. The molecule has 1 nitrogen and oxygen atoms in total. The molecule has 1 aliphatic carbocycles. The van der Waals surface area contributed by atoms with Gasteiger partial charge in [-0.05, 0) is 49.4 Å². The topological polar surface area (TPSA) is 12.0 Å². The molecule has 1 aromatic carbocycles. The average molecular weight is 328 g/mol. The molecule has 0 spiro atoms. The van der Waals surface area contributed by atoms with E-state index in [1.165, 1.54) is 25.7 Å². The summed E-state index contributed by atoms with van der Waals surface area (Å²) in [7, 11) is 0. The zero-order valence-electron chi connectivity index (χ0n) is 11.8. The van der Waals surface area contributed by atoms with Crippen LogP contribution in [0.25, 0.3) is 0 Å². The van der Waals surface area contributed by atoms with E-state index in [4.69, 9.17) is 0 Å². The standard InChI is InChI=1S/C16H23BrFN/c1-3-11-5-6-12(9-11)16(19-4-2)14-10-13(17)7-8-15(14)18/h7-8,10-12,16,19H,3-6,9H2,1-2H3. The quantitative estimate of drug-likeness (QED) is 0.796. The fraction of sp³-hybridized carbons (Fsp3) is 0.625. The summed E-state index contributed by atoms with van der Waals surface area (Å²) in [6, 6.07) is 5.42. The van der Waals surface area contributed by atoms with E-state index in [1.807, 2.05) is 6.07 Å². The van der Waals surface area contributed by atoms with Gasteiger partial charge in [-0.15, -0.1) is 0 Å². The van der Waals surface area contributed by atoms with E-state index in [0.29, 0.717) is 5.92 Å². The molecule has 0 aliphatic heterocycles. The maximum Gasteiger partial charge on any atom is 0.128 e. The van der Waals surface area contributed by atoms with E-state index in [-0.39, 0.29) is 11.9 Å². The summed E-state index contributed by atoms with van der Waals surface area (Å²) in [4.78, 5) is 0. The largest absolute Gasteiger partial charge is 0.310 e. The molecule has 1 aliphatic rings. The second-order valence-corrected chi connectivity index (χ2v) is 6.46. The van der Waals surface area contributed by atoms with Gasteiger partial charge in [-0.3, -0.25) is 0 Å². The van der Waals surface area contributed by atoms with Gasteiger partial charge in [-0.25, -0.2) is 4.39 Å². The fourth-order valence-electron chi connectivity index (χ4n) is 3.29. The molecule has 3 unspecified atom stereocenters. The number of nitrogens with one attached hydrogen (secondary N) is 1. The fourth-order valence-corrected chi connectivity index (χ4v) is 3.67. The van der Waals surface area contributed by atoms with Crippen molar-refractivity contribution in [1.29, 1.82) is 0 Å². The Balaban J connectivity index is 2.22. The Bertz CT molecular complexity index is 421. The minimum atomic E-state index is -0.0888. The normalized spacial score (nSPS) is 24.6. The molecular formula is C16H23BrFN. The van der Waals surface area contributed by atoms with Crippen molar-refractivity contribution in [3.8, 4) is 0 Å². The molecular weight excluding hydrogens is 305 g/mol. The highest BCUT2D eigenvalue weighted by Crippen LogP contribution is 2.41.